The van der Waals surface area contributed by atoms with Crippen molar-refractivity contribution >= 4 is 16.7 Å². The van der Waals surface area contributed by atoms with Crippen LogP contribution in [0.1, 0.15) is 25.3 Å². The minimum Gasteiger partial charge on any atom is -0.355 e. The van der Waals surface area contributed by atoms with E-state index < -0.39 is 0 Å². The van der Waals surface area contributed by atoms with Crippen LogP contribution in [0.5, 0.6) is 0 Å². The van der Waals surface area contributed by atoms with Crippen LogP contribution in [-0.2, 0) is 11.3 Å². The summed E-state index contributed by atoms with van der Waals surface area (Å²) in [6, 6.07) is 15.1. The van der Waals surface area contributed by atoms with Crippen LogP contribution in [0.15, 0.2) is 42.5 Å². The SMILES string of the molecule is CCCCNC(=O)CN1CCN(Cc2cccc3ccccc23)CC1. The standard InChI is InChI=1S/C21H29N3O/c1-2-3-11-22-21(25)17-24-14-12-23(13-15-24)16-19-9-6-8-18-7-4-5-10-20(18)19/h4-10H,2-3,11-17H2,1H3,(H,22,25). The van der Waals surface area contributed by atoms with Crippen LogP contribution in [0.25, 0.3) is 10.8 Å². The maximum Gasteiger partial charge on any atom is 0.234 e. The number of piperazine rings is 1. The topological polar surface area (TPSA) is 35.6 Å². The van der Waals surface area contributed by atoms with E-state index in [9.17, 15) is 4.79 Å². The number of carbonyl (C=O) groups is 1. The monoisotopic (exact) mass is 339 g/mol. The number of carbonyl (C=O) groups excluding carboxylic acids is 1. The van der Waals surface area contributed by atoms with E-state index in [1.165, 1.54) is 16.3 Å². The number of nitrogens with zero attached hydrogens (tertiary/aromatic N) is 2. The molecule has 0 saturated carbocycles. The van der Waals surface area contributed by atoms with Crippen LogP contribution >= 0.6 is 0 Å². The van der Waals surface area contributed by atoms with Crippen molar-refractivity contribution in [2.24, 2.45) is 0 Å². The van der Waals surface area contributed by atoms with E-state index in [4.69, 9.17) is 0 Å². The van der Waals surface area contributed by atoms with Gasteiger partial charge in [-0.15, -0.1) is 0 Å². The largest absolute Gasteiger partial charge is 0.355 e. The van der Waals surface area contributed by atoms with Gasteiger partial charge in [-0.25, -0.2) is 0 Å². The summed E-state index contributed by atoms with van der Waals surface area (Å²) >= 11 is 0. The van der Waals surface area contributed by atoms with Crippen molar-refractivity contribution in [3.8, 4) is 0 Å². The number of fused-ring (bicyclic) bond motifs is 1. The summed E-state index contributed by atoms with van der Waals surface area (Å²) in [4.78, 5) is 16.7. The molecule has 0 radical (unpaired) electrons. The molecule has 1 aliphatic heterocycles. The summed E-state index contributed by atoms with van der Waals surface area (Å²) in [7, 11) is 0. The second kappa shape index (κ2) is 8.97. The number of rotatable bonds is 7. The van der Waals surface area contributed by atoms with Crippen LogP contribution in [0, 0.1) is 0 Å². The highest BCUT2D eigenvalue weighted by Crippen LogP contribution is 2.20. The molecular weight excluding hydrogens is 310 g/mol. The summed E-state index contributed by atoms with van der Waals surface area (Å²) < 4.78 is 0. The Morgan fingerprint density at radius 2 is 1.72 bits per heavy atom. The van der Waals surface area contributed by atoms with E-state index >= 15 is 0 Å². The molecule has 2 aromatic rings. The zero-order chi connectivity index (χ0) is 17.5. The van der Waals surface area contributed by atoms with Gasteiger partial charge in [0.2, 0.25) is 5.91 Å². The van der Waals surface area contributed by atoms with Crippen molar-refractivity contribution in [2.45, 2.75) is 26.3 Å². The van der Waals surface area contributed by atoms with Gasteiger partial charge in [0.15, 0.2) is 0 Å². The fourth-order valence-electron chi connectivity index (χ4n) is 3.44. The normalized spacial score (nSPS) is 16.2. The molecule has 1 heterocycles. The van der Waals surface area contributed by atoms with Crippen molar-refractivity contribution in [1.82, 2.24) is 15.1 Å². The van der Waals surface area contributed by atoms with Gasteiger partial charge in [0, 0.05) is 39.3 Å². The van der Waals surface area contributed by atoms with Crippen molar-refractivity contribution < 1.29 is 4.79 Å². The van der Waals surface area contributed by atoms with Gasteiger partial charge in [-0.1, -0.05) is 55.8 Å². The Hall–Kier alpha value is -1.91. The van der Waals surface area contributed by atoms with Gasteiger partial charge in [0.1, 0.15) is 0 Å². The fraction of sp³-hybridized carbons (Fsp3) is 0.476. The summed E-state index contributed by atoms with van der Waals surface area (Å²) in [5.74, 6) is 0.163. The zero-order valence-electron chi connectivity index (χ0n) is 15.2. The van der Waals surface area contributed by atoms with E-state index in [0.717, 1.165) is 52.1 Å². The lowest BCUT2D eigenvalue weighted by Gasteiger charge is -2.34. The molecular formula is C21H29N3O. The maximum atomic E-state index is 11.9. The van der Waals surface area contributed by atoms with Crippen LogP contribution in [0.2, 0.25) is 0 Å². The summed E-state index contributed by atoms with van der Waals surface area (Å²) in [5.41, 5.74) is 1.39. The maximum absolute atomic E-state index is 11.9. The number of benzene rings is 2. The van der Waals surface area contributed by atoms with Gasteiger partial charge in [0.25, 0.3) is 0 Å². The third-order valence-electron chi connectivity index (χ3n) is 4.96. The molecule has 4 nitrogen and oxygen atoms in total. The van der Waals surface area contributed by atoms with Crippen molar-refractivity contribution in [2.75, 3.05) is 39.3 Å². The molecule has 4 heteroatoms. The second-order valence-electron chi connectivity index (χ2n) is 6.89. The fourth-order valence-corrected chi connectivity index (χ4v) is 3.44. The summed E-state index contributed by atoms with van der Waals surface area (Å²) in [6.07, 6.45) is 2.18. The predicted octanol–water partition coefficient (Wildman–Crippen LogP) is 2.87. The predicted molar refractivity (Wildman–Crippen MR) is 104 cm³/mol. The van der Waals surface area contributed by atoms with Gasteiger partial charge >= 0.3 is 0 Å². The van der Waals surface area contributed by atoms with E-state index in [2.05, 4.69) is 64.5 Å². The first-order valence-corrected chi connectivity index (χ1v) is 9.44. The molecule has 0 aromatic heterocycles. The summed E-state index contributed by atoms with van der Waals surface area (Å²) in [5, 5.41) is 5.67. The molecule has 0 bridgehead atoms. The molecule has 0 aliphatic carbocycles. The van der Waals surface area contributed by atoms with Crippen molar-refractivity contribution in [1.29, 1.82) is 0 Å². The smallest absolute Gasteiger partial charge is 0.234 e. The second-order valence-corrected chi connectivity index (χ2v) is 6.89. The molecule has 0 atom stereocenters. The van der Waals surface area contributed by atoms with E-state index in [1.54, 1.807) is 0 Å². The molecule has 2 aromatic carbocycles. The molecule has 0 unspecified atom stereocenters. The Balaban J connectivity index is 1.48. The van der Waals surface area contributed by atoms with Crippen molar-refractivity contribution in [3.63, 3.8) is 0 Å². The minimum absolute atomic E-state index is 0.163. The Bertz CT molecular complexity index is 687. The third kappa shape index (κ3) is 5.03. The number of hydrogen-bond donors (Lipinski definition) is 1. The zero-order valence-corrected chi connectivity index (χ0v) is 15.2. The molecule has 134 valence electrons. The van der Waals surface area contributed by atoms with Crippen molar-refractivity contribution in [3.05, 3.63) is 48.0 Å². The molecule has 1 saturated heterocycles. The van der Waals surface area contributed by atoms with E-state index in [-0.39, 0.29) is 5.91 Å². The average molecular weight is 339 g/mol. The van der Waals surface area contributed by atoms with Gasteiger partial charge in [-0.2, -0.15) is 0 Å². The first kappa shape index (κ1) is 17.9. The average Bonchev–Trinajstić information content (AvgIpc) is 2.64. The van der Waals surface area contributed by atoms with Gasteiger partial charge in [-0.05, 0) is 22.8 Å². The van der Waals surface area contributed by atoms with Crippen LogP contribution in [-0.4, -0.2) is 55.0 Å². The lowest BCUT2D eigenvalue weighted by Crippen LogP contribution is -2.49. The lowest BCUT2D eigenvalue weighted by molar-refractivity contribution is -0.122. The number of hydrogen-bond acceptors (Lipinski definition) is 3. The van der Waals surface area contributed by atoms with Crippen LogP contribution in [0.3, 0.4) is 0 Å². The highest BCUT2D eigenvalue weighted by Gasteiger charge is 2.19. The third-order valence-corrected chi connectivity index (χ3v) is 4.96. The molecule has 1 N–H and O–H groups in total. The number of amides is 1. The Morgan fingerprint density at radius 1 is 1.00 bits per heavy atom. The van der Waals surface area contributed by atoms with Gasteiger partial charge < -0.3 is 5.32 Å². The Morgan fingerprint density at radius 3 is 2.52 bits per heavy atom. The van der Waals surface area contributed by atoms with Gasteiger partial charge in [0.05, 0.1) is 6.54 Å². The quantitative estimate of drug-likeness (QED) is 0.788. The molecule has 3 rings (SSSR count). The van der Waals surface area contributed by atoms with E-state index in [0.29, 0.717) is 6.54 Å². The van der Waals surface area contributed by atoms with E-state index in [1.807, 2.05) is 0 Å². The first-order chi connectivity index (χ1) is 12.3. The Kier molecular flexibility index (Phi) is 6.42. The highest BCUT2D eigenvalue weighted by atomic mass is 16.2. The van der Waals surface area contributed by atoms with Crippen LogP contribution < -0.4 is 5.32 Å². The molecule has 0 spiro atoms. The summed E-state index contributed by atoms with van der Waals surface area (Å²) in [6.45, 7) is 8.43. The molecule has 1 fully saturated rings. The highest BCUT2D eigenvalue weighted by molar-refractivity contribution is 5.85. The van der Waals surface area contributed by atoms with Crippen LogP contribution in [0.4, 0.5) is 0 Å². The van der Waals surface area contributed by atoms with Gasteiger partial charge in [-0.3, -0.25) is 14.6 Å². The first-order valence-electron chi connectivity index (χ1n) is 9.44. The number of unbranched alkanes of at least 4 members (excludes halogenated alkanes) is 1. The lowest BCUT2D eigenvalue weighted by atomic mass is 10.0. The number of nitrogens with one attached hydrogen (secondary N) is 1. The Labute approximate surface area is 150 Å². The minimum atomic E-state index is 0.163. The molecule has 1 amide bonds. The molecule has 25 heavy (non-hydrogen) atoms. The molecule has 1 aliphatic rings.